The standard InChI is InChI=1S/C20H24N2O5S/c1-5-27-19(25)14-6-8-15(9-7-14)21-20-22(11-10-13(2)3)18(24)16(28-20)12-17(23)26-4/h6-9,12-13H,5,10-11H2,1-4H3. The zero-order valence-electron chi connectivity index (χ0n) is 16.4. The number of nitrogens with zero attached hydrogens (tertiary/aromatic N) is 2. The molecule has 1 saturated heterocycles. The fourth-order valence-corrected chi connectivity index (χ4v) is 3.32. The molecule has 0 N–H and O–H groups in total. The smallest absolute Gasteiger partial charge is 0.338 e. The van der Waals surface area contributed by atoms with Crippen LogP contribution in [0.4, 0.5) is 5.69 Å². The zero-order valence-corrected chi connectivity index (χ0v) is 17.2. The van der Waals surface area contributed by atoms with Crippen molar-refractivity contribution in [2.45, 2.75) is 27.2 Å². The Balaban J connectivity index is 2.28. The molecule has 0 spiro atoms. The minimum atomic E-state index is -0.584. The summed E-state index contributed by atoms with van der Waals surface area (Å²) in [7, 11) is 1.26. The summed E-state index contributed by atoms with van der Waals surface area (Å²) in [6.45, 7) is 6.70. The highest BCUT2D eigenvalue weighted by Gasteiger charge is 2.34. The third-order valence-electron chi connectivity index (χ3n) is 3.87. The molecule has 0 aliphatic carbocycles. The molecule has 1 aliphatic heterocycles. The third-order valence-corrected chi connectivity index (χ3v) is 4.88. The molecule has 0 saturated carbocycles. The predicted octanol–water partition coefficient (Wildman–Crippen LogP) is 3.53. The SMILES string of the molecule is CCOC(=O)c1ccc(N=C2SC(=CC(=O)OC)C(=O)N2CCC(C)C)cc1. The number of aliphatic imine (C=N–C) groups is 1. The van der Waals surface area contributed by atoms with Gasteiger partial charge < -0.3 is 9.47 Å². The molecule has 1 heterocycles. The van der Waals surface area contributed by atoms with Crippen molar-refractivity contribution in [3.8, 4) is 0 Å². The Labute approximate surface area is 168 Å². The Morgan fingerprint density at radius 3 is 2.50 bits per heavy atom. The van der Waals surface area contributed by atoms with Crippen LogP contribution in [-0.2, 0) is 19.1 Å². The van der Waals surface area contributed by atoms with Crippen LogP contribution in [-0.4, -0.2) is 48.2 Å². The molecule has 1 aromatic rings. The molecule has 1 amide bonds. The Bertz CT molecular complexity index is 799. The average molecular weight is 404 g/mol. The van der Waals surface area contributed by atoms with Crippen LogP contribution in [0, 0.1) is 5.92 Å². The number of hydrogen-bond acceptors (Lipinski definition) is 7. The summed E-state index contributed by atoms with van der Waals surface area (Å²) < 4.78 is 9.59. The molecule has 0 unspecified atom stereocenters. The van der Waals surface area contributed by atoms with Crippen LogP contribution in [0.25, 0.3) is 0 Å². The van der Waals surface area contributed by atoms with Crippen LogP contribution in [0.5, 0.6) is 0 Å². The molecule has 0 bridgehead atoms. The molecule has 28 heavy (non-hydrogen) atoms. The van der Waals surface area contributed by atoms with Crippen molar-refractivity contribution in [3.63, 3.8) is 0 Å². The fourth-order valence-electron chi connectivity index (χ4n) is 2.34. The van der Waals surface area contributed by atoms with Gasteiger partial charge in [0.1, 0.15) is 0 Å². The quantitative estimate of drug-likeness (QED) is 0.510. The number of ether oxygens (including phenoxy) is 2. The molecule has 0 radical (unpaired) electrons. The van der Waals surface area contributed by atoms with Crippen LogP contribution >= 0.6 is 11.8 Å². The van der Waals surface area contributed by atoms with E-state index in [1.54, 1.807) is 36.1 Å². The van der Waals surface area contributed by atoms with E-state index >= 15 is 0 Å². The second kappa shape index (κ2) is 10.1. The number of amidine groups is 1. The van der Waals surface area contributed by atoms with Crippen LogP contribution in [0.2, 0.25) is 0 Å². The number of carbonyl (C=O) groups excluding carboxylic acids is 3. The van der Waals surface area contributed by atoms with Gasteiger partial charge in [-0.15, -0.1) is 0 Å². The summed E-state index contributed by atoms with van der Waals surface area (Å²) >= 11 is 1.13. The second-order valence-electron chi connectivity index (χ2n) is 6.43. The maximum Gasteiger partial charge on any atom is 0.338 e. The molecule has 0 aromatic heterocycles. The lowest BCUT2D eigenvalue weighted by molar-refractivity contribution is -0.135. The van der Waals surface area contributed by atoms with Gasteiger partial charge in [0.25, 0.3) is 5.91 Å². The number of methoxy groups -OCH3 is 1. The van der Waals surface area contributed by atoms with Crippen LogP contribution in [0.3, 0.4) is 0 Å². The first-order valence-corrected chi connectivity index (χ1v) is 9.82. The Morgan fingerprint density at radius 2 is 1.93 bits per heavy atom. The van der Waals surface area contributed by atoms with E-state index in [9.17, 15) is 14.4 Å². The summed E-state index contributed by atoms with van der Waals surface area (Å²) in [5.41, 5.74) is 1.03. The highest BCUT2D eigenvalue weighted by atomic mass is 32.2. The summed E-state index contributed by atoms with van der Waals surface area (Å²) in [5.74, 6) is -0.830. The van der Waals surface area contributed by atoms with Gasteiger partial charge in [-0.3, -0.25) is 9.69 Å². The van der Waals surface area contributed by atoms with Crippen LogP contribution in [0.1, 0.15) is 37.6 Å². The molecule has 8 heteroatoms. The molecular formula is C20H24N2O5S. The summed E-state index contributed by atoms with van der Waals surface area (Å²) in [6.07, 6.45) is 1.99. The topological polar surface area (TPSA) is 85.3 Å². The number of rotatable bonds is 7. The van der Waals surface area contributed by atoms with Gasteiger partial charge in [0.15, 0.2) is 5.17 Å². The number of carbonyl (C=O) groups is 3. The highest BCUT2D eigenvalue weighted by Crippen LogP contribution is 2.33. The van der Waals surface area contributed by atoms with Gasteiger partial charge >= 0.3 is 11.9 Å². The maximum atomic E-state index is 12.7. The van der Waals surface area contributed by atoms with Crippen molar-refractivity contribution >= 4 is 40.5 Å². The minimum absolute atomic E-state index is 0.266. The van der Waals surface area contributed by atoms with E-state index < -0.39 is 11.9 Å². The number of esters is 2. The van der Waals surface area contributed by atoms with Crippen molar-refractivity contribution in [2.75, 3.05) is 20.3 Å². The lowest BCUT2D eigenvalue weighted by Gasteiger charge is -2.16. The molecule has 7 nitrogen and oxygen atoms in total. The van der Waals surface area contributed by atoms with E-state index in [1.165, 1.54) is 13.2 Å². The predicted molar refractivity (Wildman–Crippen MR) is 108 cm³/mol. The number of thioether (sulfide) groups is 1. The molecule has 1 fully saturated rings. The lowest BCUT2D eigenvalue weighted by Crippen LogP contribution is -2.30. The van der Waals surface area contributed by atoms with Crippen LogP contribution in [0.15, 0.2) is 40.2 Å². The van der Waals surface area contributed by atoms with E-state index in [1.807, 2.05) is 0 Å². The van der Waals surface area contributed by atoms with Gasteiger partial charge in [-0.2, -0.15) is 0 Å². The van der Waals surface area contributed by atoms with E-state index in [-0.39, 0.29) is 10.8 Å². The van der Waals surface area contributed by atoms with Crippen molar-refractivity contribution in [2.24, 2.45) is 10.9 Å². The summed E-state index contributed by atoms with van der Waals surface area (Å²) in [5, 5.41) is 0.490. The minimum Gasteiger partial charge on any atom is -0.466 e. The Hall–Kier alpha value is -2.61. The number of amides is 1. The van der Waals surface area contributed by atoms with Gasteiger partial charge in [-0.05, 0) is 55.3 Å². The first kappa shape index (κ1) is 21.7. The van der Waals surface area contributed by atoms with Gasteiger partial charge in [0, 0.05) is 12.6 Å². The largest absolute Gasteiger partial charge is 0.466 e. The van der Waals surface area contributed by atoms with Crippen molar-refractivity contribution in [1.82, 2.24) is 4.90 Å². The summed E-state index contributed by atoms with van der Waals surface area (Å²) in [6, 6.07) is 6.63. The molecule has 1 aliphatic rings. The van der Waals surface area contributed by atoms with E-state index in [0.29, 0.717) is 35.5 Å². The molecule has 0 atom stereocenters. The van der Waals surface area contributed by atoms with Crippen LogP contribution < -0.4 is 0 Å². The van der Waals surface area contributed by atoms with Gasteiger partial charge in [-0.1, -0.05) is 13.8 Å². The molecular weight excluding hydrogens is 380 g/mol. The van der Waals surface area contributed by atoms with E-state index in [4.69, 9.17) is 4.74 Å². The molecule has 150 valence electrons. The van der Waals surface area contributed by atoms with Gasteiger partial charge in [0.2, 0.25) is 0 Å². The third kappa shape index (κ3) is 5.69. The molecule has 2 rings (SSSR count). The highest BCUT2D eigenvalue weighted by molar-refractivity contribution is 8.18. The average Bonchev–Trinajstić information content (AvgIpc) is 2.95. The number of hydrogen-bond donors (Lipinski definition) is 0. The normalized spacial score (nSPS) is 16.9. The van der Waals surface area contributed by atoms with Crippen molar-refractivity contribution in [1.29, 1.82) is 0 Å². The Morgan fingerprint density at radius 1 is 1.25 bits per heavy atom. The van der Waals surface area contributed by atoms with E-state index in [2.05, 4.69) is 23.6 Å². The monoisotopic (exact) mass is 404 g/mol. The first-order chi connectivity index (χ1) is 13.3. The van der Waals surface area contributed by atoms with E-state index in [0.717, 1.165) is 18.2 Å². The second-order valence-corrected chi connectivity index (χ2v) is 7.44. The van der Waals surface area contributed by atoms with Gasteiger partial charge in [0.05, 0.1) is 29.9 Å². The van der Waals surface area contributed by atoms with Gasteiger partial charge in [-0.25, -0.2) is 14.6 Å². The first-order valence-electron chi connectivity index (χ1n) is 9.01. The Kier molecular flexibility index (Phi) is 7.80. The lowest BCUT2D eigenvalue weighted by atomic mass is 10.1. The maximum absolute atomic E-state index is 12.7. The number of benzene rings is 1. The molecule has 1 aromatic carbocycles. The van der Waals surface area contributed by atoms with Crippen molar-refractivity contribution in [3.05, 3.63) is 40.8 Å². The zero-order chi connectivity index (χ0) is 20.7. The van der Waals surface area contributed by atoms with Crippen molar-refractivity contribution < 1.29 is 23.9 Å². The fraction of sp³-hybridized carbons (Fsp3) is 0.400. The summed E-state index contributed by atoms with van der Waals surface area (Å²) in [4.78, 5) is 42.3.